The monoisotopic (exact) mass is 313 g/mol. The van der Waals surface area contributed by atoms with Crippen molar-refractivity contribution in [3.63, 3.8) is 0 Å². The van der Waals surface area contributed by atoms with Gasteiger partial charge in [-0.05, 0) is 0 Å². The molecule has 0 spiro atoms. The van der Waals surface area contributed by atoms with Crippen LogP contribution in [0.2, 0.25) is 0 Å². The molecule has 1 heterocycles. The number of carbonyl (C=O) groups is 1. The summed E-state index contributed by atoms with van der Waals surface area (Å²) in [6.45, 7) is -0.440. The highest BCUT2D eigenvalue weighted by atomic mass is 35.7. The van der Waals surface area contributed by atoms with Crippen molar-refractivity contribution in [1.82, 2.24) is 0 Å². The molecule has 1 amide bonds. The first-order valence-corrected chi connectivity index (χ1v) is 7.46. The molecule has 0 aromatic heterocycles. The number of amides is 1. The van der Waals surface area contributed by atoms with Gasteiger partial charge >= 0.3 is 0 Å². The maximum absolute atomic E-state index is 13.5. The molecule has 1 unspecified atom stereocenters. The van der Waals surface area contributed by atoms with Crippen molar-refractivity contribution in [1.29, 1.82) is 0 Å². The molecule has 1 saturated heterocycles. The smallest absolute Gasteiger partial charge is 0.237 e. The summed E-state index contributed by atoms with van der Waals surface area (Å²) in [5, 5.41) is -1.23. The molecule has 1 aliphatic rings. The number of carbonyl (C=O) groups excluding carboxylic acids is 1. The van der Waals surface area contributed by atoms with Crippen LogP contribution in [0.1, 0.15) is 6.42 Å². The molecule has 1 atom stereocenters. The maximum Gasteiger partial charge on any atom is 0.237 e. The van der Waals surface area contributed by atoms with Gasteiger partial charge in [0.05, 0.1) is 5.69 Å². The van der Waals surface area contributed by atoms with Gasteiger partial charge in [-0.25, -0.2) is 21.6 Å². The Bertz CT molecular complexity index is 650. The van der Waals surface area contributed by atoms with Crippen molar-refractivity contribution in [3.8, 4) is 0 Å². The SMILES string of the molecule is O=C1CC(S(=O)(=O)Cl)CN1c1cc(F)cc(F)c1F. The van der Waals surface area contributed by atoms with E-state index in [2.05, 4.69) is 0 Å². The Labute approximate surface area is 111 Å². The average Bonchev–Trinajstić information content (AvgIpc) is 2.65. The third kappa shape index (κ3) is 2.69. The normalized spacial score (nSPS) is 20.1. The Morgan fingerprint density at radius 2 is 1.89 bits per heavy atom. The van der Waals surface area contributed by atoms with Crippen LogP contribution in [0.15, 0.2) is 12.1 Å². The quantitative estimate of drug-likeness (QED) is 0.618. The van der Waals surface area contributed by atoms with E-state index < -0.39 is 56.3 Å². The van der Waals surface area contributed by atoms with Crippen LogP contribution in [0.3, 0.4) is 0 Å². The van der Waals surface area contributed by atoms with Gasteiger partial charge in [-0.1, -0.05) is 0 Å². The molecule has 1 aromatic carbocycles. The van der Waals surface area contributed by atoms with Gasteiger partial charge in [0.15, 0.2) is 11.6 Å². The molecule has 9 heteroatoms. The van der Waals surface area contributed by atoms with E-state index in [-0.39, 0.29) is 0 Å². The number of hydrogen-bond acceptors (Lipinski definition) is 3. The first kappa shape index (κ1) is 14.1. The molecule has 0 N–H and O–H groups in total. The Balaban J connectivity index is 2.41. The minimum Gasteiger partial charge on any atom is -0.308 e. The summed E-state index contributed by atoms with van der Waals surface area (Å²) in [4.78, 5) is 12.3. The molecule has 1 aliphatic heterocycles. The lowest BCUT2D eigenvalue weighted by Gasteiger charge is -2.17. The number of hydrogen-bond donors (Lipinski definition) is 0. The van der Waals surface area contributed by atoms with Crippen LogP contribution in [0.5, 0.6) is 0 Å². The predicted molar refractivity (Wildman–Crippen MR) is 61.8 cm³/mol. The van der Waals surface area contributed by atoms with Crippen molar-refractivity contribution in [2.75, 3.05) is 11.4 Å². The molecule has 19 heavy (non-hydrogen) atoms. The highest BCUT2D eigenvalue weighted by molar-refractivity contribution is 8.14. The second kappa shape index (κ2) is 4.68. The van der Waals surface area contributed by atoms with E-state index in [1.54, 1.807) is 0 Å². The van der Waals surface area contributed by atoms with Crippen LogP contribution >= 0.6 is 10.7 Å². The summed E-state index contributed by atoms with van der Waals surface area (Å²) in [5.41, 5.74) is -0.634. The number of rotatable bonds is 2. The van der Waals surface area contributed by atoms with E-state index in [0.29, 0.717) is 17.0 Å². The molecular weight excluding hydrogens is 307 g/mol. The summed E-state index contributed by atoms with van der Waals surface area (Å²) < 4.78 is 61.8. The van der Waals surface area contributed by atoms with E-state index in [1.807, 2.05) is 0 Å². The summed E-state index contributed by atoms with van der Waals surface area (Å²) in [6, 6.07) is 0.953. The number of nitrogens with zero attached hydrogens (tertiary/aromatic N) is 1. The molecule has 2 rings (SSSR count). The van der Waals surface area contributed by atoms with Crippen LogP contribution in [0.25, 0.3) is 0 Å². The lowest BCUT2D eigenvalue weighted by atomic mass is 10.2. The largest absolute Gasteiger partial charge is 0.308 e. The van der Waals surface area contributed by atoms with Gasteiger partial charge in [0.1, 0.15) is 11.1 Å². The van der Waals surface area contributed by atoms with Crippen molar-refractivity contribution < 1.29 is 26.4 Å². The van der Waals surface area contributed by atoms with Crippen molar-refractivity contribution in [2.45, 2.75) is 11.7 Å². The fourth-order valence-corrected chi connectivity index (χ4v) is 2.86. The molecule has 0 saturated carbocycles. The second-order valence-corrected chi connectivity index (χ2v) is 6.94. The van der Waals surface area contributed by atoms with Crippen LogP contribution in [0, 0.1) is 17.5 Å². The summed E-state index contributed by atoms with van der Waals surface area (Å²) >= 11 is 0. The standard InChI is InChI=1S/C10H7ClF3NO3S/c11-19(17,18)6-3-9(16)15(4-6)8-2-5(12)1-7(13)10(8)14/h1-2,6H,3-4H2. The second-order valence-electron chi connectivity index (χ2n) is 4.03. The third-order valence-electron chi connectivity index (χ3n) is 2.75. The Morgan fingerprint density at radius 3 is 2.42 bits per heavy atom. The molecule has 0 bridgehead atoms. The topological polar surface area (TPSA) is 54.5 Å². The molecule has 0 radical (unpaired) electrons. The van der Waals surface area contributed by atoms with E-state index in [0.717, 1.165) is 0 Å². The van der Waals surface area contributed by atoms with Gasteiger partial charge in [0.25, 0.3) is 0 Å². The van der Waals surface area contributed by atoms with Crippen LogP contribution < -0.4 is 4.90 Å². The molecule has 4 nitrogen and oxygen atoms in total. The zero-order chi connectivity index (χ0) is 14.4. The fraction of sp³-hybridized carbons (Fsp3) is 0.300. The lowest BCUT2D eigenvalue weighted by Crippen LogP contribution is -2.28. The zero-order valence-electron chi connectivity index (χ0n) is 9.24. The highest BCUT2D eigenvalue weighted by Gasteiger charge is 2.39. The maximum atomic E-state index is 13.5. The van der Waals surface area contributed by atoms with E-state index in [1.165, 1.54) is 0 Å². The van der Waals surface area contributed by atoms with Crippen molar-refractivity contribution >= 4 is 31.3 Å². The van der Waals surface area contributed by atoms with Gasteiger partial charge in [-0.3, -0.25) is 4.79 Å². The first-order chi connectivity index (χ1) is 8.70. The molecule has 104 valence electrons. The minimum atomic E-state index is -4.01. The van der Waals surface area contributed by atoms with Gasteiger partial charge in [0, 0.05) is 35.8 Å². The molecule has 1 fully saturated rings. The van der Waals surface area contributed by atoms with Gasteiger partial charge in [-0.2, -0.15) is 0 Å². The molecule has 0 aliphatic carbocycles. The highest BCUT2D eigenvalue weighted by Crippen LogP contribution is 2.30. The van der Waals surface area contributed by atoms with Gasteiger partial charge in [-0.15, -0.1) is 0 Å². The summed E-state index contributed by atoms with van der Waals surface area (Å²) in [6.07, 6.45) is -0.455. The Morgan fingerprint density at radius 1 is 1.26 bits per heavy atom. The number of anilines is 1. The van der Waals surface area contributed by atoms with Gasteiger partial charge < -0.3 is 4.90 Å². The van der Waals surface area contributed by atoms with Crippen molar-refractivity contribution in [2.24, 2.45) is 0 Å². The van der Waals surface area contributed by atoms with Crippen molar-refractivity contribution in [3.05, 3.63) is 29.6 Å². The predicted octanol–water partition coefficient (Wildman–Crippen LogP) is 1.78. The third-order valence-corrected chi connectivity index (χ3v) is 4.62. The number of benzene rings is 1. The van der Waals surface area contributed by atoms with Crippen LogP contribution in [0.4, 0.5) is 18.9 Å². The molecular formula is C10H7ClF3NO3S. The Hall–Kier alpha value is -1.28. The zero-order valence-corrected chi connectivity index (χ0v) is 10.8. The van der Waals surface area contributed by atoms with Crippen LogP contribution in [-0.2, 0) is 13.8 Å². The number of halogens is 4. The average molecular weight is 314 g/mol. The van der Waals surface area contributed by atoms with Crippen LogP contribution in [-0.4, -0.2) is 26.1 Å². The minimum absolute atomic E-state index is 0.329. The fourth-order valence-electron chi connectivity index (χ4n) is 1.84. The lowest BCUT2D eigenvalue weighted by molar-refractivity contribution is -0.117. The first-order valence-electron chi connectivity index (χ1n) is 5.08. The van der Waals surface area contributed by atoms with E-state index in [4.69, 9.17) is 10.7 Å². The van der Waals surface area contributed by atoms with Gasteiger partial charge in [0.2, 0.25) is 15.0 Å². The summed E-state index contributed by atoms with van der Waals surface area (Å²) in [7, 11) is 1.10. The summed E-state index contributed by atoms with van der Waals surface area (Å²) in [5.74, 6) is -4.71. The molecule has 1 aromatic rings. The van der Waals surface area contributed by atoms with E-state index in [9.17, 15) is 26.4 Å². The van der Waals surface area contributed by atoms with E-state index >= 15 is 0 Å². The Kier molecular flexibility index (Phi) is 3.48.